The van der Waals surface area contributed by atoms with Crippen LogP contribution in [0.3, 0.4) is 0 Å². The lowest BCUT2D eigenvalue weighted by Crippen LogP contribution is -2.49. The first-order valence-corrected chi connectivity index (χ1v) is 11.3. The van der Waals surface area contributed by atoms with Gasteiger partial charge in [-0.2, -0.15) is 0 Å². The van der Waals surface area contributed by atoms with E-state index in [4.69, 9.17) is 4.74 Å². The van der Waals surface area contributed by atoms with Gasteiger partial charge in [-0.3, -0.25) is 14.5 Å². The summed E-state index contributed by atoms with van der Waals surface area (Å²) in [6.45, 7) is 3.64. The minimum Gasteiger partial charge on any atom is -0.442 e. The minimum atomic E-state index is -0.578. The van der Waals surface area contributed by atoms with Gasteiger partial charge >= 0.3 is 6.09 Å². The lowest BCUT2D eigenvalue weighted by Gasteiger charge is -2.36. The van der Waals surface area contributed by atoms with Gasteiger partial charge in [0.2, 0.25) is 5.91 Å². The van der Waals surface area contributed by atoms with E-state index >= 15 is 0 Å². The van der Waals surface area contributed by atoms with Gasteiger partial charge in [0.05, 0.1) is 24.5 Å². The molecule has 3 heterocycles. The summed E-state index contributed by atoms with van der Waals surface area (Å²) in [5.41, 5.74) is 1.16. The Morgan fingerprint density at radius 3 is 2.64 bits per heavy atom. The molecule has 11 heteroatoms. The first-order valence-electron chi connectivity index (χ1n) is 10.5. The lowest BCUT2D eigenvalue weighted by molar-refractivity contribution is -0.119. The molecule has 1 aromatic carbocycles. The molecule has 1 N–H and O–H groups in total. The van der Waals surface area contributed by atoms with Gasteiger partial charge in [-0.1, -0.05) is 6.07 Å². The lowest BCUT2D eigenvalue weighted by atomic mass is 10.2. The highest BCUT2D eigenvalue weighted by Gasteiger charge is 2.33. The fraction of sp³-hybridized carbons (Fsp3) is 0.364. The maximum atomic E-state index is 15.0. The van der Waals surface area contributed by atoms with E-state index in [0.29, 0.717) is 47.9 Å². The van der Waals surface area contributed by atoms with E-state index in [1.807, 2.05) is 4.90 Å². The van der Waals surface area contributed by atoms with Gasteiger partial charge in [0.25, 0.3) is 5.91 Å². The molecule has 0 aliphatic carbocycles. The smallest absolute Gasteiger partial charge is 0.414 e. The minimum absolute atomic E-state index is 0.159. The number of anilines is 2. The number of ether oxygens (including phenoxy) is 1. The molecule has 33 heavy (non-hydrogen) atoms. The second-order valence-corrected chi connectivity index (χ2v) is 8.63. The number of pyridine rings is 1. The van der Waals surface area contributed by atoms with E-state index in [1.165, 1.54) is 17.9 Å². The molecule has 2 fully saturated rings. The maximum absolute atomic E-state index is 15.0. The number of piperazine rings is 1. The third-order valence-electron chi connectivity index (χ3n) is 5.54. The Morgan fingerprint density at radius 2 is 1.97 bits per heavy atom. The van der Waals surface area contributed by atoms with Crippen molar-refractivity contribution in [3.63, 3.8) is 0 Å². The van der Waals surface area contributed by atoms with E-state index in [2.05, 4.69) is 26.2 Å². The molecule has 0 spiro atoms. The summed E-state index contributed by atoms with van der Waals surface area (Å²) >= 11 is 3.27. The first-order chi connectivity index (χ1) is 15.8. The number of aromatic nitrogens is 1. The van der Waals surface area contributed by atoms with Crippen LogP contribution in [0.2, 0.25) is 0 Å². The van der Waals surface area contributed by atoms with Crippen LogP contribution in [0.25, 0.3) is 0 Å². The topological polar surface area (TPSA) is 95.1 Å². The highest BCUT2D eigenvalue weighted by molar-refractivity contribution is 9.10. The summed E-state index contributed by atoms with van der Waals surface area (Å²) in [7, 11) is 0. The van der Waals surface area contributed by atoms with Gasteiger partial charge < -0.3 is 19.9 Å². The Labute approximate surface area is 198 Å². The first kappa shape index (κ1) is 23.0. The molecule has 2 aromatic rings. The Hall–Kier alpha value is -3.21. The van der Waals surface area contributed by atoms with Gasteiger partial charge in [0.1, 0.15) is 22.2 Å². The molecule has 0 saturated carbocycles. The van der Waals surface area contributed by atoms with Crippen LogP contribution in [0.4, 0.5) is 20.6 Å². The average molecular weight is 520 g/mol. The van der Waals surface area contributed by atoms with Crippen molar-refractivity contribution in [3.05, 3.63) is 52.5 Å². The third kappa shape index (κ3) is 5.24. The summed E-state index contributed by atoms with van der Waals surface area (Å²) in [4.78, 5) is 45.0. The monoisotopic (exact) mass is 519 g/mol. The molecule has 0 unspecified atom stereocenters. The predicted octanol–water partition coefficient (Wildman–Crippen LogP) is 2.41. The number of hydrogen-bond acceptors (Lipinski definition) is 6. The van der Waals surface area contributed by atoms with Gasteiger partial charge in [-0.15, -0.1) is 0 Å². The molecular formula is C22H23BrFN5O4. The number of cyclic esters (lactones) is 1. The maximum Gasteiger partial charge on any atom is 0.414 e. The van der Waals surface area contributed by atoms with Crippen LogP contribution in [-0.4, -0.2) is 73.2 Å². The van der Waals surface area contributed by atoms with Crippen molar-refractivity contribution < 1.29 is 23.5 Å². The number of nitrogens with zero attached hydrogens (tertiary/aromatic N) is 4. The number of rotatable bonds is 5. The fourth-order valence-electron chi connectivity index (χ4n) is 3.86. The number of carbonyl (C=O) groups is 3. The standard InChI is InChI=1S/C22H23BrFN5O4/c1-14(30)25-12-16-13-29(22(32)33-16)15-5-6-19(17(24)11-15)27-7-9-28(10-8-27)21(31)18-3-2-4-20(23)26-18/h2-6,11,16H,7-10,12-13H2,1H3,(H,25,30)/t16-/m0/s1. The molecule has 3 amide bonds. The highest BCUT2D eigenvalue weighted by Crippen LogP contribution is 2.28. The van der Waals surface area contributed by atoms with Gasteiger partial charge in [-0.25, -0.2) is 14.2 Å². The molecule has 174 valence electrons. The van der Waals surface area contributed by atoms with E-state index < -0.39 is 18.0 Å². The van der Waals surface area contributed by atoms with Crippen molar-refractivity contribution in [3.8, 4) is 0 Å². The normalized spacial score (nSPS) is 18.3. The summed E-state index contributed by atoms with van der Waals surface area (Å²) in [5.74, 6) is -0.832. The van der Waals surface area contributed by atoms with Crippen LogP contribution < -0.4 is 15.1 Å². The number of halogens is 2. The Morgan fingerprint density at radius 1 is 1.21 bits per heavy atom. The Bertz CT molecular complexity index is 1080. The van der Waals surface area contributed by atoms with Crippen LogP contribution >= 0.6 is 15.9 Å². The molecule has 1 atom stereocenters. The van der Waals surface area contributed by atoms with Crippen molar-refractivity contribution in [2.75, 3.05) is 49.1 Å². The van der Waals surface area contributed by atoms with Crippen LogP contribution in [-0.2, 0) is 9.53 Å². The van der Waals surface area contributed by atoms with Crippen LogP contribution in [0, 0.1) is 5.82 Å². The van der Waals surface area contributed by atoms with Gasteiger partial charge in [0.15, 0.2) is 0 Å². The molecule has 2 saturated heterocycles. The summed E-state index contributed by atoms with van der Waals surface area (Å²) in [6, 6.07) is 9.79. The van der Waals surface area contributed by atoms with Crippen molar-refractivity contribution in [2.45, 2.75) is 13.0 Å². The SMILES string of the molecule is CC(=O)NC[C@H]1CN(c2ccc(N3CCN(C(=O)c4cccc(Br)n4)CC3)c(F)c2)C(=O)O1. The van der Waals surface area contributed by atoms with E-state index in [1.54, 1.807) is 35.2 Å². The van der Waals surface area contributed by atoms with E-state index in [0.717, 1.165) is 0 Å². The molecule has 0 bridgehead atoms. The molecule has 1 aromatic heterocycles. The molecular weight excluding hydrogens is 497 g/mol. The second kappa shape index (κ2) is 9.74. The number of benzene rings is 1. The predicted molar refractivity (Wildman–Crippen MR) is 123 cm³/mol. The molecule has 0 radical (unpaired) electrons. The molecule has 4 rings (SSSR count). The van der Waals surface area contributed by atoms with Crippen LogP contribution in [0.5, 0.6) is 0 Å². The fourth-order valence-corrected chi connectivity index (χ4v) is 4.20. The zero-order valence-electron chi connectivity index (χ0n) is 18.0. The Balaban J connectivity index is 1.38. The third-order valence-corrected chi connectivity index (χ3v) is 5.98. The molecule has 2 aliphatic heterocycles. The van der Waals surface area contributed by atoms with E-state index in [9.17, 15) is 18.8 Å². The quantitative estimate of drug-likeness (QED) is 0.609. The number of amides is 3. The largest absolute Gasteiger partial charge is 0.442 e. The average Bonchev–Trinajstić information content (AvgIpc) is 3.18. The molecule has 2 aliphatic rings. The van der Waals surface area contributed by atoms with Crippen molar-refractivity contribution in [2.24, 2.45) is 0 Å². The molecule has 9 nitrogen and oxygen atoms in total. The summed E-state index contributed by atoms with van der Waals surface area (Å²) in [6.07, 6.45) is -1.07. The number of nitrogens with one attached hydrogen (secondary N) is 1. The highest BCUT2D eigenvalue weighted by atomic mass is 79.9. The number of carbonyl (C=O) groups excluding carboxylic acids is 3. The van der Waals surface area contributed by atoms with Crippen molar-refractivity contribution in [1.29, 1.82) is 0 Å². The van der Waals surface area contributed by atoms with Gasteiger partial charge in [-0.05, 0) is 46.3 Å². The summed E-state index contributed by atoms with van der Waals surface area (Å²) in [5, 5.41) is 2.61. The second-order valence-electron chi connectivity index (χ2n) is 7.81. The zero-order chi connectivity index (χ0) is 23.5. The van der Waals surface area contributed by atoms with Crippen molar-refractivity contribution in [1.82, 2.24) is 15.2 Å². The zero-order valence-corrected chi connectivity index (χ0v) is 19.5. The summed E-state index contributed by atoms with van der Waals surface area (Å²) < 4.78 is 20.8. The van der Waals surface area contributed by atoms with Crippen LogP contribution in [0.15, 0.2) is 41.0 Å². The van der Waals surface area contributed by atoms with Crippen molar-refractivity contribution >= 4 is 45.2 Å². The van der Waals surface area contributed by atoms with E-state index in [-0.39, 0.29) is 24.9 Å². The van der Waals surface area contributed by atoms with Gasteiger partial charge in [0, 0.05) is 33.1 Å². The van der Waals surface area contributed by atoms with Crippen LogP contribution in [0.1, 0.15) is 17.4 Å². The number of hydrogen-bond donors (Lipinski definition) is 1. The Kier molecular flexibility index (Phi) is 6.77.